The lowest BCUT2D eigenvalue weighted by Crippen LogP contribution is -2.08. The van der Waals surface area contributed by atoms with Crippen LogP contribution in [-0.2, 0) is 0 Å². The van der Waals surface area contributed by atoms with E-state index in [1.54, 1.807) is 11.9 Å². The average molecular weight is 207 g/mol. The second-order valence-corrected chi connectivity index (χ2v) is 4.07. The highest BCUT2D eigenvalue weighted by Crippen LogP contribution is 2.40. The first kappa shape index (κ1) is 11.2. The van der Waals surface area contributed by atoms with Crippen molar-refractivity contribution in [3.05, 3.63) is 47.1 Å². The predicted molar refractivity (Wildman–Crippen MR) is 65.8 cm³/mol. The minimum Gasteiger partial charge on any atom is -0.312 e. The first-order valence-corrected chi connectivity index (χ1v) is 5.66. The number of allylic oxidation sites excluding steroid dienone is 4. The van der Waals surface area contributed by atoms with Crippen molar-refractivity contribution >= 4 is 11.9 Å². The van der Waals surface area contributed by atoms with Crippen LogP contribution in [0, 0.1) is 0 Å². The molecule has 0 N–H and O–H groups in total. The third-order valence-electron chi connectivity index (χ3n) is 2.02. The number of hydrogen-bond donors (Lipinski definition) is 0. The van der Waals surface area contributed by atoms with Gasteiger partial charge in [0, 0.05) is 22.7 Å². The normalized spacial score (nSPS) is 18.2. The van der Waals surface area contributed by atoms with Gasteiger partial charge in [-0.1, -0.05) is 30.9 Å². The Labute approximate surface area is 91.0 Å². The van der Waals surface area contributed by atoms with Crippen molar-refractivity contribution in [3.8, 4) is 0 Å². The molecule has 1 heterocycles. The second-order valence-electron chi connectivity index (χ2n) is 3.01. The van der Waals surface area contributed by atoms with Gasteiger partial charge in [-0.3, -0.25) is 0 Å². The maximum atomic E-state index is 4.10. The molecule has 0 saturated carbocycles. The zero-order valence-electron chi connectivity index (χ0n) is 9.08. The third-order valence-corrected chi connectivity index (χ3v) is 3.28. The molecular weight excluding hydrogens is 190 g/mol. The summed E-state index contributed by atoms with van der Waals surface area (Å²) in [5.41, 5.74) is 2.36. The molecule has 0 spiro atoms. The topological polar surface area (TPSA) is 3.24 Å². The Bertz CT molecular complexity index is 310. The van der Waals surface area contributed by atoms with Gasteiger partial charge in [-0.25, -0.2) is 0 Å². The molecule has 1 rings (SSSR count). The molecular formula is C12H17NS. The number of nitrogens with zero attached hydrogens (tertiary/aromatic N) is 1. The molecule has 0 aromatic heterocycles. The summed E-state index contributed by atoms with van der Waals surface area (Å²) in [4.78, 5) is 1.29. The molecule has 1 nitrogen and oxygen atoms in total. The highest BCUT2D eigenvalue weighted by molar-refractivity contribution is 8.01. The zero-order chi connectivity index (χ0) is 10.6. The number of hydrogen-bond acceptors (Lipinski definition) is 2. The van der Waals surface area contributed by atoms with Crippen LogP contribution in [0.1, 0.15) is 20.8 Å². The minimum atomic E-state index is 0.992. The summed E-state index contributed by atoms with van der Waals surface area (Å²) in [6.45, 7) is 11.3. The molecule has 0 aromatic rings. The Balaban J connectivity index is 2.99. The quantitative estimate of drug-likeness (QED) is 0.646. The van der Waals surface area contributed by atoms with Crippen LogP contribution in [0.2, 0.25) is 0 Å². The van der Waals surface area contributed by atoms with Crippen molar-refractivity contribution in [2.75, 3.05) is 6.54 Å². The van der Waals surface area contributed by atoms with Crippen molar-refractivity contribution in [2.45, 2.75) is 20.8 Å². The fourth-order valence-electron chi connectivity index (χ4n) is 1.37. The molecule has 2 heteroatoms. The molecule has 0 unspecified atom stereocenters. The van der Waals surface area contributed by atoms with E-state index in [1.807, 2.05) is 13.8 Å². The van der Waals surface area contributed by atoms with Crippen molar-refractivity contribution < 1.29 is 0 Å². The van der Waals surface area contributed by atoms with Gasteiger partial charge in [0.25, 0.3) is 0 Å². The molecule has 0 fully saturated rings. The minimum absolute atomic E-state index is 0.992. The van der Waals surface area contributed by atoms with E-state index in [4.69, 9.17) is 0 Å². The van der Waals surface area contributed by atoms with Gasteiger partial charge >= 0.3 is 0 Å². The van der Waals surface area contributed by atoms with Crippen LogP contribution < -0.4 is 0 Å². The Morgan fingerprint density at radius 1 is 1.29 bits per heavy atom. The van der Waals surface area contributed by atoms with Crippen molar-refractivity contribution in [2.24, 2.45) is 0 Å². The van der Waals surface area contributed by atoms with Crippen LogP contribution in [0.3, 0.4) is 0 Å². The highest BCUT2D eigenvalue weighted by atomic mass is 32.2. The smallest absolute Gasteiger partial charge is 0.0485 e. The van der Waals surface area contributed by atoms with Gasteiger partial charge in [-0.05, 0) is 32.7 Å². The standard InChI is InChI=1S/C12H17NS/c1-5-8-11-10(4)13(7-3)14-12(11)9-6-2/h5-6,8-9H,4,7H2,1-3H3/b8-5-,9-6-. The maximum Gasteiger partial charge on any atom is 0.0485 e. The number of likely N-dealkylation sites (N-methyl/N-ethyl adjacent to an activating group) is 1. The van der Waals surface area contributed by atoms with Crippen LogP contribution in [0.5, 0.6) is 0 Å². The van der Waals surface area contributed by atoms with E-state index in [0.717, 1.165) is 12.2 Å². The summed E-state index contributed by atoms with van der Waals surface area (Å²) in [7, 11) is 0. The van der Waals surface area contributed by atoms with Crippen molar-refractivity contribution in [3.63, 3.8) is 0 Å². The van der Waals surface area contributed by atoms with E-state index < -0.39 is 0 Å². The molecule has 76 valence electrons. The first-order valence-electron chi connectivity index (χ1n) is 4.89. The predicted octanol–water partition coefficient (Wildman–Crippen LogP) is 3.89. The van der Waals surface area contributed by atoms with Gasteiger partial charge in [0.15, 0.2) is 0 Å². The van der Waals surface area contributed by atoms with Crippen LogP contribution in [0.25, 0.3) is 0 Å². The van der Waals surface area contributed by atoms with Crippen LogP contribution in [-0.4, -0.2) is 10.8 Å². The lowest BCUT2D eigenvalue weighted by Gasteiger charge is -2.15. The number of rotatable bonds is 3. The Hall–Kier alpha value is -0.890. The summed E-state index contributed by atoms with van der Waals surface area (Å²) >= 11 is 1.77. The van der Waals surface area contributed by atoms with Gasteiger partial charge in [-0.2, -0.15) is 0 Å². The summed E-state index contributed by atoms with van der Waals surface area (Å²) in [5.74, 6) is 0. The van der Waals surface area contributed by atoms with Crippen LogP contribution >= 0.6 is 11.9 Å². The highest BCUT2D eigenvalue weighted by Gasteiger charge is 2.21. The van der Waals surface area contributed by atoms with E-state index in [0.29, 0.717) is 0 Å². The van der Waals surface area contributed by atoms with Gasteiger partial charge in [-0.15, -0.1) is 0 Å². The average Bonchev–Trinajstić information content (AvgIpc) is 2.47. The molecule has 0 atom stereocenters. The summed E-state index contributed by atoms with van der Waals surface area (Å²) in [5, 5.41) is 0. The lowest BCUT2D eigenvalue weighted by atomic mass is 10.1. The van der Waals surface area contributed by atoms with Crippen molar-refractivity contribution in [1.29, 1.82) is 0 Å². The molecule has 0 aliphatic carbocycles. The Kier molecular flexibility index (Phi) is 4.08. The second kappa shape index (κ2) is 5.11. The van der Waals surface area contributed by atoms with Crippen LogP contribution in [0.4, 0.5) is 0 Å². The van der Waals surface area contributed by atoms with E-state index in [2.05, 4.69) is 42.1 Å². The first-order chi connectivity index (χ1) is 6.74. The molecule has 0 aromatic carbocycles. The van der Waals surface area contributed by atoms with Crippen LogP contribution in [0.15, 0.2) is 47.1 Å². The SMILES string of the molecule is C=C1C(/C=C\C)=C(/C=C\C)SN1CC. The van der Waals surface area contributed by atoms with E-state index in [9.17, 15) is 0 Å². The van der Waals surface area contributed by atoms with E-state index >= 15 is 0 Å². The molecule has 1 aliphatic heterocycles. The van der Waals surface area contributed by atoms with Gasteiger partial charge in [0.2, 0.25) is 0 Å². The van der Waals surface area contributed by atoms with Crippen molar-refractivity contribution in [1.82, 2.24) is 4.31 Å². The Morgan fingerprint density at radius 3 is 2.43 bits per heavy atom. The summed E-state index contributed by atoms with van der Waals surface area (Å²) in [6, 6.07) is 0. The molecule has 0 radical (unpaired) electrons. The molecule has 1 aliphatic rings. The maximum absolute atomic E-state index is 4.10. The molecule has 0 bridgehead atoms. The van der Waals surface area contributed by atoms with Gasteiger partial charge in [0.1, 0.15) is 0 Å². The largest absolute Gasteiger partial charge is 0.312 e. The molecule has 14 heavy (non-hydrogen) atoms. The third kappa shape index (κ3) is 2.13. The monoisotopic (exact) mass is 207 g/mol. The summed E-state index contributed by atoms with van der Waals surface area (Å²) in [6.07, 6.45) is 8.39. The van der Waals surface area contributed by atoms with Gasteiger partial charge < -0.3 is 4.31 Å². The molecule has 0 amide bonds. The zero-order valence-corrected chi connectivity index (χ0v) is 9.90. The Morgan fingerprint density at radius 2 is 1.93 bits per heavy atom. The fraction of sp³-hybridized carbons (Fsp3) is 0.333. The van der Waals surface area contributed by atoms with E-state index in [-0.39, 0.29) is 0 Å². The lowest BCUT2D eigenvalue weighted by molar-refractivity contribution is 0.633. The van der Waals surface area contributed by atoms with E-state index in [1.165, 1.54) is 10.5 Å². The van der Waals surface area contributed by atoms with Gasteiger partial charge in [0.05, 0.1) is 0 Å². The molecule has 0 saturated heterocycles. The fourth-order valence-corrected chi connectivity index (χ4v) is 2.43. The summed E-state index contributed by atoms with van der Waals surface area (Å²) < 4.78 is 2.21.